The normalized spacial score (nSPS) is 14.7. The van der Waals surface area contributed by atoms with Crippen LogP contribution in [0.2, 0.25) is 5.02 Å². The second kappa shape index (κ2) is 5.18. The zero-order valence-electron chi connectivity index (χ0n) is 9.83. The summed E-state index contributed by atoms with van der Waals surface area (Å²) < 4.78 is 1.91. The third-order valence-electron chi connectivity index (χ3n) is 3.04. The monoisotopic (exact) mass is 449 g/mol. The Morgan fingerprint density at radius 3 is 2.74 bits per heavy atom. The van der Waals surface area contributed by atoms with Crippen LogP contribution >= 0.6 is 50.1 Å². The lowest BCUT2D eigenvalue weighted by atomic mass is 10.2. The van der Waals surface area contributed by atoms with E-state index in [-0.39, 0.29) is 0 Å². The van der Waals surface area contributed by atoms with Gasteiger partial charge in [-0.2, -0.15) is 0 Å². The van der Waals surface area contributed by atoms with Gasteiger partial charge in [-0.1, -0.05) is 27.5 Å². The molecule has 2 aromatic rings. The highest BCUT2D eigenvalue weighted by atomic mass is 127. The van der Waals surface area contributed by atoms with Gasteiger partial charge in [-0.3, -0.25) is 0 Å². The molecule has 1 aromatic heterocycles. The Morgan fingerprint density at radius 2 is 2.05 bits per heavy atom. The van der Waals surface area contributed by atoms with Crippen LogP contribution in [-0.4, -0.2) is 9.97 Å². The van der Waals surface area contributed by atoms with Crippen molar-refractivity contribution in [1.82, 2.24) is 9.97 Å². The van der Waals surface area contributed by atoms with Crippen LogP contribution in [0.25, 0.3) is 11.4 Å². The third-order valence-corrected chi connectivity index (χ3v) is 4.96. The molecule has 1 aliphatic rings. The summed E-state index contributed by atoms with van der Waals surface area (Å²) in [6.45, 7) is 0. The van der Waals surface area contributed by atoms with E-state index in [2.05, 4.69) is 48.5 Å². The first-order valence-electron chi connectivity index (χ1n) is 5.84. The first kappa shape index (κ1) is 13.6. The van der Waals surface area contributed by atoms with E-state index in [1.54, 1.807) is 0 Å². The van der Waals surface area contributed by atoms with Gasteiger partial charge in [0.05, 0.1) is 14.3 Å². The van der Waals surface area contributed by atoms with Crippen LogP contribution in [0.1, 0.15) is 24.5 Å². The van der Waals surface area contributed by atoms with Crippen molar-refractivity contribution in [1.29, 1.82) is 0 Å². The third kappa shape index (κ3) is 2.73. The van der Waals surface area contributed by atoms with E-state index in [9.17, 15) is 0 Å². The number of nitrogens with zero attached hydrogens (tertiary/aromatic N) is 2. The minimum atomic E-state index is 0.530. The topological polar surface area (TPSA) is 51.8 Å². The molecule has 3 rings (SSSR count). The summed E-state index contributed by atoms with van der Waals surface area (Å²) in [6.07, 6.45) is 2.36. The average molecular weight is 451 g/mol. The van der Waals surface area contributed by atoms with Crippen molar-refractivity contribution in [2.75, 3.05) is 5.73 Å². The Bertz CT molecular complexity index is 659. The first-order chi connectivity index (χ1) is 9.06. The lowest BCUT2D eigenvalue weighted by Gasteiger charge is -2.09. The number of halogens is 3. The van der Waals surface area contributed by atoms with E-state index >= 15 is 0 Å². The van der Waals surface area contributed by atoms with Crippen molar-refractivity contribution in [2.45, 2.75) is 18.8 Å². The minimum absolute atomic E-state index is 0.530. The van der Waals surface area contributed by atoms with Gasteiger partial charge in [0, 0.05) is 16.0 Å². The highest BCUT2D eigenvalue weighted by Gasteiger charge is 2.29. The van der Waals surface area contributed by atoms with Crippen LogP contribution in [-0.2, 0) is 0 Å². The van der Waals surface area contributed by atoms with Crippen molar-refractivity contribution in [3.8, 4) is 11.4 Å². The van der Waals surface area contributed by atoms with Gasteiger partial charge in [-0.05, 0) is 53.6 Å². The van der Waals surface area contributed by atoms with Crippen LogP contribution in [0.3, 0.4) is 0 Å². The molecule has 2 N–H and O–H groups in total. The number of anilines is 1. The van der Waals surface area contributed by atoms with Gasteiger partial charge in [-0.25, -0.2) is 9.97 Å². The maximum Gasteiger partial charge on any atom is 0.163 e. The second-order valence-corrected chi connectivity index (χ2v) is 6.93. The Kier molecular flexibility index (Phi) is 3.70. The zero-order valence-corrected chi connectivity index (χ0v) is 14.3. The average Bonchev–Trinajstić information content (AvgIpc) is 3.20. The largest absolute Gasteiger partial charge is 0.383 e. The molecule has 19 heavy (non-hydrogen) atoms. The molecule has 1 fully saturated rings. The predicted octanol–water partition coefficient (Wildman–Crippen LogP) is 4.62. The van der Waals surface area contributed by atoms with E-state index < -0.39 is 0 Å². The molecule has 1 saturated carbocycles. The molecule has 0 aliphatic heterocycles. The van der Waals surface area contributed by atoms with Crippen LogP contribution < -0.4 is 5.73 Å². The Hall–Kier alpha value is -0.400. The summed E-state index contributed by atoms with van der Waals surface area (Å²) in [5.74, 6) is 1.66. The highest BCUT2D eigenvalue weighted by molar-refractivity contribution is 14.1. The second-order valence-electron chi connectivity index (χ2n) is 4.53. The Labute approximate surface area is 138 Å². The number of hydrogen-bond acceptors (Lipinski definition) is 3. The molecule has 1 aromatic carbocycles. The van der Waals surface area contributed by atoms with Gasteiger partial charge >= 0.3 is 0 Å². The molecular formula is C13H10BrClIN3. The molecule has 0 radical (unpaired) electrons. The summed E-state index contributed by atoms with van der Waals surface area (Å²) in [4.78, 5) is 9.03. The summed E-state index contributed by atoms with van der Waals surface area (Å²) in [6, 6.07) is 5.64. The summed E-state index contributed by atoms with van der Waals surface area (Å²) in [7, 11) is 0. The molecule has 3 nitrogen and oxygen atoms in total. The van der Waals surface area contributed by atoms with Crippen molar-refractivity contribution in [2.24, 2.45) is 0 Å². The lowest BCUT2D eigenvalue weighted by molar-refractivity contribution is 0.983. The number of benzene rings is 1. The van der Waals surface area contributed by atoms with E-state index in [1.807, 2.05) is 18.2 Å². The smallest absolute Gasteiger partial charge is 0.163 e. The van der Waals surface area contributed by atoms with Gasteiger partial charge in [0.2, 0.25) is 0 Å². The number of aromatic nitrogens is 2. The SMILES string of the molecule is Nc1nc(-c2cc(Br)ccc2Cl)nc(C2CC2)c1I. The van der Waals surface area contributed by atoms with Crippen LogP contribution in [0.15, 0.2) is 22.7 Å². The van der Waals surface area contributed by atoms with Crippen molar-refractivity contribution in [3.05, 3.63) is 37.0 Å². The maximum absolute atomic E-state index is 6.23. The molecule has 0 unspecified atom stereocenters. The van der Waals surface area contributed by atoms with Crippen LogP contribution in [0.5, 0.6) is 0 Å². The molecule has 98 valence electrons. The molecule has 0 spiro atoms. The van der Waals surface area contributed by atoms with Gasteiger partial charge in [0.1, 0.15) is 5.82 Å². The first-order valence-corrected chi connectivity index (χ1v) is 8.09. The molecule has 0 amide bonds. The molecule has 0 bridgehead atoms. The standard InChI is InChI=1S/C13H10BrClIN3/c14-7-3-4-9(15)8(5-7)13-18-11(6-1-2-6)10(16)12(17)19-13/h3-6H,1-2H2,(H2,17,18,19). The predicted molar refractivity (Wildman–Crippen MR) is 89.3 cm³/mol. The summed E-state index contributed by atoms with van der Waals surface area (Å²) in [5.41, 5.74) is 7.86. The van der Waals surface area contributed by atoms with Crippen molar-refractivity contribution < 1.29 is 0 Å². The highest BCUT2D eigenvalue weighted by Crippen LogP contribution is 2.43. The van der Waals surface area contributed by atoms with Gasteiger partial charge < -0.3 is 5.73 Å². The number of hydrogen-bond donors (Lipinski definition) is 1. The number of rotatable bonds is 2. The van der Waals surface area contributed by atoms with E-state index in [4.69, 9.17) is 17.3 Å². The lowest BCUT2D eigenvalue weighted by Crippen LogP contribution is -2.04. The quantitative estimate of drug-likeness (QED) is 0.679. The molecular weight excluding hydrogens is 440 g/mol. The number of nitrogen functional groups attached to an aromatic ring is 1. The fourth-order valence-corrected chi connectivity index (χ4v) is 3.14. The zero-order chi connectivity index (χ0) is 13.6. The van der Waals surface area contributed by atoms with E-state index in [0.717, 1.165) is 19.3 Å². The minimum Gasteiger partial charge on any atom is -0.383 e. The van der Waals surface area contributed by atoms with Crippen molar-refractivity contribution >= 4 is 55.9 Å². The molecule has 1 heterocycles. The molecule has 0 saturated heterocycles. The summed E-state index contributed by atoms with van der Waals surface area (Å²) >= 11 is 11.9. The maximum atomic E-state index is 6.23. The molecule has 0 atom stereocenters. The Morgan fingerprint density at radius 1 is 1.32 bits per heavy atom. The van der Waals surface area contributed by atoms with Gasteiger partial charge in [0.15, 0.2) is 5.82 Å². The fourth-order valence-electron chi connectivity index (χ4n) is 1.90. The van der Waals surface area contributed by atoms with Crippen LogP contribution in [0, 0.1) is 3.57 Å². The summed E-state index contributed by atoms with van der Waals surface area (Å²) in [5, 5.41) is 0.630. The molecule has 6 heteroatoms. The van der Waals surface area contributed by atoms with Gasteiger partial charge in [0.25, 0.3) is 0 Å². The van der Waals surface area contributed by atoms with Crippen molar-refractivity contribution in [3.63, 3.8) is 0 Å². The van der Waals surface area contributed by atoms with E-state index in [0.29, 0.717) is 22.6 Å². The fraction of sp³-hybridized carbons (Fsp3) is 0.231. The molecule has 1 aliphatic carbocycles. The Balaban J connectivity index is 2.17. The van der Waals surface area contributed by atoms with Crippen LogP contribution in [0.4, 0.5) is 5.82 Å². The van der Waals surface area contributed by atoms with Gasteiger partial charge in [-0.15, -0.1) is 0 Å². The van der Waals surface area contributed by atoms with E-state index in [1.165, 1.54) is 12.8 Å². The number of nitrogens with two attached hydrogens (primary N) is 1.